The van der Waals surface area contributed by atoms with E-state index in [2.05, 4.69) is 13.8 Å². The summed E-state index contributed by atoms with van der Waals surface area (Å²) in [7, 11) is 0. The summed E-state index contributed by atoms with van der Waals surface area (Å²) in [5.74, 6) is -2.13. The summed E-state index contributed by atoms with van der Waals surface area (Å²) in [4.78, 5) is 40.2. The Labute approximate surface area is 328 Å². The quantitative estimate of drug-likeness (QED) is 0.0773. The number of hydrogen-bond acceptors (Lipinski definition) is 8. The fraction of sp³-hybridized carbons (Fsp3) is 0.889. The van der Waals surface area contributed by atoms with Gasteiger partial charge in [-0.05, 0) is 25.7 Å². The van der Waals surface area contributed by atoms with Crippen molar-refractivity contribution in [1.29, 1.82) is 0 Å². The maximum Gasteiger partial charge on any atom is 1.00 e. The molecule has 0 N–H and O–H groups in total. The summed E-state index contributed by atoms with van der Waals surface area (Å²) in [6, 6.07) is 0. The fourth-order valence-electron chi connectivity index (χ4n) is 3.76. The van der Waals surface area contributed by atoms with Crippen LogP contribution in [0.3, 0.4) is 0 Å². The second-order valence-electron chi connectivity index (χ2n) is 11.0. The molecule has 0 aromatic heterocycles. The predicted octanol–water partition coefficient (Wildman–Crippen LogP) is 2.02. The molecule has 0 atom stereocenters. The van der Waals surface area contributed by atoms with Crippen molar-refractivity contribution in [3.63, 3.8) is 0 Å². The number of ether oxygens (including phenoxy) is 2. The van der Waals surface area contributed by atoms with Crippen molar-refractivity contribution in [3.8, 4) is 0 Å². The van der Waals surface area contributed by atoms with Crippen LogP contribution in [0.4, 0.5) is 0 Å². The maximum atomic E-state index is 10.8. The molecule has 0 aromatic carbocycles. The van der Waals surface area contributed by atoms with E-state index in [9.17, 15) is 29.4 Å². The average Bonchev–Trinajstić information content (AvgIpc) is 3.02. The summed E-state index contributed by atoms with van der Waals surface area (Å²) >= 11 is 0. The van der Waals surface area contributed by atoms with E-state index in [1.807, 2.05) is 13.8 Å². The number of carbonyl (C=O) groups is 4. The molecule has 0 bridgehead atoms. The Balaban J connectivity index is -0.000000130. The standard InChI is InChI=1S/2C15H30O2.2C3H6O2.2Na/c2*1-3-5-6-7-8-9-10-11-12-13-14-17-15(16)4-2;2*1-2-3(4)5;;/h2*3-14H2,1-2H3;2*2H2,1H3,(H,4,5);;/q;;;;2*+1/p-2. The van der Waals surface area contributed by atoms with Gasteiger partial charge in [-0.15, -0.1) is 0 Å². The summed E-state index contributed by atoms with van der Waals surface area (Å²) in [6.45, 7) is 12.5. The van der Waals surface area contributed by atoms with Gasteiger partial charge in [-0.25, -0.2) is 0 Å². The van der Waals surface area contributed by atoms with Crippen molar-refractivity contribution >= 4 is 23.9 Å². The van der Waals surface area contributed by atoms with Gasteiger partial charge in [0.2, 0.25) is 0 Å². The minimum absolute atomic E-state index is 0. The third-order valence-corrected chi connectivity index (χ3v) is 6.68. The first-order chi connectivity index (χ1) is 21.2. The smallest absolute Gasteiger partial charge is 0.550 e. The number of esters is 2. The average molecular weight is 677 g/mol. The van der Waals surface area contributed by atoms with Crippen molar-refractivity contribution in [1.82, 2.24) is 0 Å². The molecule has 10 heteroatoms. The number of aliphatic carboxylic acids is 2. The molecule has 0 aliphatic rings. The molecule has 0 saturated heterocycles. The summed E-state index contributed by atoms with van der Waals surface area (Å²) < 4.78 is 10.0. The van der Waals surface area contributed by atoms with Crippen LogP contribution in [0.25, 0.3) is 0 Å². The number of hydrogen-bond donors (Lipinski definition) is 0. The molecule has 0 aliphatic carbocycles. The second-order valence-corrected chi connectivity index (χ2v) is 11.0. The van der Waals surface area contributed by atoms with Crippen LogP contribution in [0.5, 0.6) is 0 Å². The van der Waals surface area contributed by atoms with Crippen LogP contribution in [-0.4, -0.2) is 37.1 Å². The fourth-order valence-corrected chi connectivity index (χ4v) is 3.76. The molecule has 8 nitrogen and oxygen atoms in total. The van der Waals surface area contributed by atoms with Gasteiger partial charge in [-0.3, -0.25) is 9.59 Å². The maximum absolute atomic E-state index is 10.8. The van der Waals surface area contributed by atoms with Crippen LogP contribution in [-0.2, 0) is 28.7 Å². The molecular formula is C36H70Na2O8. The van der Waals surface area contributed by atoms with E-state index in [0.717, 1.165) is 12.8 Å². The van der Waals surface area contributed by atoms with E-state index in [1.165, 1.54) is 129 Å². The van der Waals surface area contributed by atoms with Crippen LogP contribution in [0.2, 0.25) is 0 Å². The summed E-state index contributed by atoms with van der Waals surface area (Å²) in [5.41, 5.74) is 0. The SMILES string of the molecule is CCC(=O)[O-].CCC(=O)[O-].CCCCCCCCCCCCOC(=O)CC.CCCCCCCCCCCCOC(=O)CC.[Na+].[Na+]. The molecular weight excluding hydrogens is 606 g/mol. The van der Waals surface area contributed by atoms with Crippen LogP contribution in [0.15, 0.2) is 0 Å². The largest absolute Gasteiger partial charge is 1.00 e. The van der Waals surface area contributed by atoms with Crippen LogP contribution < -0.4 is 69.3 Å². The Morgan fingerprint density at radius 2 is 0.565 bits per heavy atom. The van der Waals surface area contributed by atoms with E-state index < -0.39 is 11.9 Å². The molecule has 0 saturated carbocycles. The predicted molar refractivity (Wildman–Crippen MR) is 177 cm³/mol. The van der Waals surface area contributed by atoms with Gasteiger partial charge < -0.3 is 29.3 Å². The third-order valence-electron chi connectivity index (χ3n) is 6.68. The number of carboxylic acids is 2. The molecule has 46 heavy (non-hydrogen) atoms. The Kier molecular flexibility index (Phi) is 68.6. The Hall–Kier alpha value is -0.120. The normalized spacial score (nSPS) is 9.35. The van der Waals surface area contributed by atoms with Crippen molar-refractivity contribution < 1.29 is 98.0 Å². The van der Waals surface area contributed by atoms with Gasteiger partial charge in [-0.2, -0.15) is 0 Å². The number of unbranched alkanes of at least 4 members (excludes halogenated alkanes) is 18. The van der Waals surface area contributed by atoms with Crippen LogP contribution in [0, 0.1) is 0 Å². The van der Waals surface area contributed by atoms with E-state index >= 15 is 0 Å². The second kappa shape index (κ2) is 54.3. The van der Waals surface area contributed by atoms with Crippen molar-refractivity contribution in [3.05, 3.63) is 0 Å². The first-order valence-electron chi connectivity index (χ1n) is 17.9. The molecule has 0 unspecified atom stereocenters. The van der Waals surface area contributed by atoms with Crippen molar-refractivity contribution in [2.45, 2.75) is 196 Å². The number of carbonyl (C=O) groups excluding carboxylic acids is 4. The zero-order valence-electron chi connectivity index (χ0n) is 31.7. The molecule has 0 spiro atoms. The van der Waals surface area contributed by atoms with Gasteiger partial charge in [-0.1, -0.05) is 157 Å². The van der Waals surface area contributed by atoms with E-state index in [-0.39, 0.29) is 83.9 Å². The Morgan fingerprint density at radius 3 is 0.739 bits per heavy atom. The first-order valence-corrected chi connectivity index (χ1v) is 17.9. The molecule has 264 valence electrons. The van der Waals surface area contributed by atoms with Gasteiger partial charge in [0.25, 0.3) is 0 Å². The van der Waals surface area contributed by atoms with Gasteiger partial charge in [0.05, 0.1) is 13.2 Å². The first kappa shape index (κ1) is 58.1. The van der Waals surface area contributed by atoms with E-state index in [4.69, 9.17) is 9.47 Å². The topological polar surface area (TPSA) is 133 Å². The van der Waals surface area contributed by atoms with Gasteiger partial charge >= 0.3 is 71.1 Å². The van der Waals surface area contributed by atoms with Crippen molar-refractivity contribution in [2.24, 2.45) is 0 Å². The van der Waals surface area contributed by atoms with Crippen molar-refractivity contribution in [2.75, 3.05) is 13.2 Å². The molecule has 0 amide bonds. The van der Waals surface area contributed by atoms with Crippen LogP contribution >= 0.6 is 0 Å². The summed E-state index contributed by atoms with van der Waals surface area (Å²) in [6.07, 6.45) is 27.5. The van der Waals surface area contributed by atoms with Gasteiger partial charge in [0.1, 0.15) is 0 Å². The molecule has 0 fully saturated rings. The van der Waals surface area contributed by atoms with Gasteiger partial charge in [0.15, 0.2) is 0 Å². The molecule has 0 radical (unpaired) electrons. The molecule has 0 aromatic rings. The summed E-state index contributed by atoms with van der Waals surface area (Å²) in [5, 5.41) is 18.5. The third kappa shape index (κ3) is 70.3. The van der Waals surface area contributed by atoms with E-state index in [0.29, 0.717) is 26.1 Å². The zero-order valence-corrected chi connectivity index (χ0v) is 35.7. The number of carboxylic acid groups (broad SMARTS) is 2. The molecule has 0 heterocycles. The number of rotatable bonds is 26. The Morgan fingerprint density at radius 1 is 0.370 bits per heavy atom. The minimum atomic E-state index is -0.995. The minimum Gasteiger partial charge on any atom is -0.550 e. The molecule has 0 rings (SSSR count). The molecule has 0 aliphatic heterocycles. The monoisotopic (exact) mass is 676 g/mol. The van der Waals surface area contributed by atoms with Crippen LogP contribution in [0.1, 0.15) is 196 Å². The zero-order chi connectivity index (χ0) is 34.1. The van der Waals surface area contributed by atoms with Gasteiger partial charge in [0, 0.05) is 24.8 Å². The Bertz CT molecular complexity index is 567. The van der Waals surface area contributed by atoms with E-state index in [1.54, 1.807) is 0 Å².